The van der Waals surface area contributed by atoms with Crippen LogP contribution < -0.4 is 16.2 Å². The minimum Gasteiger partial charge on any atom is -0.439 e. The maximum absolute atomic E-state index is 5.79. The smallest absolute Gasteiger partial charge is 0.219 e. The fourth-order valence-corrected chi connectivity index (χ4v) is 2.74. The van der Waals surface area contributed by atoms with E-state index in [9.17, 15) is 0 Å². The number of nitrogens with zero attached hydrogens (tertiary/aromatic N) is 1. The van der Waals surface area contributed by atoms with E-state index in [4.69, 9.17) is 16.2 Å². The van der Waals surface area contributed by atoms with Gasteiger partial charge in [-0.25, -0.2) is 4.98 Å². The van der Waals surface area contributed by atoms with Crippen LogP contribution in [0.15, 0.2) is 43.1 Å². The Balaban J connectivity index is 1.78. The van der Waals surface area contributed by atoms with Gasteiger partial charge in [0, 0.05) is 23.5 Å². The van der Waals surface area contributed by atoms with Gasteiger partial charge in [0.2, 0.25) is 5.88 Å². The first kappa shape index (κ1) is 13.6. The lowest BCUT2D eigenvalue weighted by Gasteiger charge is -2.10. The van der Waals surface area contributed by atoms with Crippen LogP contribution >= 0.6 is 0 Å². The van der Waals surface area contributed by atoms with Gasteiger partial charge in [0.1, 0.15) is 5.75 Å². The van der Waals surface area contributed by atoms with Crippen molar-refractivity contribution in [3.63, 3.8) is 0 Å². The van der Waals surface area contributed by atoms with Crippen LogP contribution in [0.25, 0.3) is 5.70 Å². The number of hydrogen-bond donors (Lipinski definition) is 2. The van der Waals surface area contributed by atoms with Crippen LogP contribution in [0.5, 0.6) is 11.6 Å². The molecular weight excluding hydrogens is 262 g/mol. The zero-order valence-corrected chi connectivity index (χ0v) is 11.9. The Bertz CT molecular complexity index is 664. The number of nitrogens with two attached hydrogens (primary N) is 2. The Hall–Kier alpha value is -2.33. The van der Waals surface area contributed by atoms with Gasteiger partial charge in [-0.2, -0.15) is 0 Å². The van der Waals surface area contributed by atoms with Crippen molar-refractivity contribution in [2.24, 2.45) is 11.5 Å². The molecular formula is C17H19N3O. The molecule has 1 aliphatic carbocycles. The summed E-state index contributed by atoms with van der Waals surface area (Å²) in [5.74, 6) is 1.84. The van der Waals surface area contributed by atoms with Crippen molar-refractivity contribution < 1.29 is 4.74 Å². The van der Waals surface area contributed by atoms with E-state index < -0.39 is 0 Å². The van der Waals surface area contributed by atoms with E-state index in [0.29, 0.717) is 24.0 Å². The molecule has 3 rings (SSSR count). The molecule has 0 bridgehead atoms. The summed E-state index contributed by atoms with van der Waals surface area (Å²) in [6.45, 7) is 4.39. The van der Waals surface area contributed by atoms with Gasteiger partial charge >= 0.3 is 0 Å². The molecule has 1 heterocycles. The Morgan fingerprint density at radius 1 is 1.33 bits per heavy atom. The predicted molar refractivity (Wildman–Crippen MR) is 84.1 cm³/mol. The molecule has 1 aromatic heterocycles. The summed E-state index contributed by atoms with van der Waals surface area (Å²) in [7, 11) is 0. The molecule has 4 N–H and O–H groups in total. The third-order valence-electron chi connectivity index (χ3n) is 3.93. The average Bonchev–Trinajstić information content (AvgIpc) is 2.90. The van der Waals surface area contributed by atoms with Crippen LogP contribution in [-0.2, 0) is 6.42 Å². The molecule has 4 heteroatoms. The van der Waals surface area contributed by atoms with Gasteiger partial charge in [-0.3, -0.25) is 0 Å². The molecule has 108 valence electrons. The Morgan fingerprint density at radius 2 is 2.19 bits per heavy atom. The largest absolute Gasteiger partial charge is 0.439 e. The van der Waals surface area contributed by atoms with Crippen molar-refractivity contribution in [1.29, 1.82) is 0 Å². The van der Waals surface area contributed by atoms with E-state index in [1.54, 1.807) is 12.3 Å². The van der Waals surface area contributed by atoms with Crippen molar-refractivity contribution in [3.05, 3.63) is 59.8 Å². The minimum absolute atomic E-state index is 0.488. The van der Waals surface area contributed by atoms with Gasteiger partial charge < -0.3 is 16.2 Å². The van der Waals surface area contributed by atoms with E-state index in [-0.39, 0.29) is 0 Å². The van der Waals surface area contributed by atoms with E-state index in [2.05, 4.69) is 23.7 Å². The molecule has 1 aliphatic rings. The molecule has 0 amide bonds. The number of benzene rings is 1. The summed E-state index contributed by atoms with van der Waals surface area (Å²) >= 11 is 0. The zero-order valence-electron chi connectivity index (χ0n) is 11.9. The Kier molecular flexibility index (Phi) is 3.62. The second kappa shape index (κ2) is 5.58. The summed E-state index contributed by atoms with van der Waals surface area (Å²) in [6, 6.07) is 9.82. The van der Waals surface area contributed by atoms with Crippen molar-refractivity contribution in [1.82, 2.24) is 4.98 Å². The van der Waals surface area contributed by atoms with Crippen molar-refractivity contribution in [2.45, 2.75) is 18.8 Å². The summed E-state index contributed by atoms with van der Waals surface area (Å²) < 4.78 is 5.79. The monoisotopic (exact) mass is 281 g/mol. The molecule has 1 atom stereocenters. The highest BCUT2D eigenvalue weighted by Crippen LogP contribution is 2.35. The molecule has 2 aromatic rings. The number of ether oxygens (including phenoxy) is 1. The predicted octanol–water partition coefficient (Wildman–Crippen LogP) is 2.79. The molecule has 1 unspecified atom stereocenters. The molecule has 1 aromatic carbocycles. The molecule has 0 aliphatic heterocycles. The summed E-state index contributed by atoms with van der Waals surface area (Å²) in [5, 5.41) is 0. The zero-order chi connectivity index (χ0) is 14.8. The van der Waals surface area contributed by atoms with Gasteiger partial charge in [-0.1, -0.05) is 12.6 Å². The first-order valence-corrected chi connectivity index (χ1v) is 7.09. The number of aryl methyl sites for hydroxylation is 1. The molecule has 4 nitrogen and oxygen atoms in total. The molecule has 0 spiro atoms. The highest BCUT2D eigenvalue weighted by atomic mass is 16.5. The molecule has 0 saturated carbocycles. The Labute approximate surface area is 124 Å². The van der Waals surface area contributed by atoms with Crippen LogP contribution in [0.1, 0.15) is 29.0 Å². The van der Waals surface area contributed by atoms with Crippen molar-refractivity contribution in [3.8, 4) is 11.6 Å². The summed E-state index contributed by atoms with van der Waals surface area (Å²) in [6.07, 6.45) is 3.85. The van der Waals surface area contributed by atoms with E-state index in [1.807, 2.05) is 12.1 Å². The second-order valence-electron chi connectivity index (χ2n) is 5.34. The third-order valence-corrected chi connectivity index (χ3v) is 3.93. The first-order valence-electron chi connectivity index (χ1n) is 7.09. The topological polar surface area (TPSA) is 74.2 Å². The van der Waals surface area contributed by atoms with E-state index in [0.717, 1.165) is 24.2 Å². The van der Waals surface area contributed by atoms with E-state index in [1.165, 1.54) is 11.1 Å². The highest BCUT2D eigenvalue weighted by molar-refractivity contribution is 5.59. The molecule has 21 heavy (non-hydrogen) atoms. The molecule has 0 radical (unpaired) electrons. The van der Waals surface area contributed by atoms with Crippen LogP contribution in [0.4, 0.5) is 0 Å². The maximum Gasteiger partial charge on any atom is 0.219 e. The molecule has 0 fully saturated rings. The Morgan fingerprint density at radius 3 is 2.86 bits per heavy atom. The number of pyridine rings is 1. The first-order chi connectivity index (χ1) is 10.2. The number of hydrogen-bond acceptors (Lipinski definition) is 4. The van der Waals surface area contributed by atoms with Gasteiger partial charge in [-0.05, 0) is 54.6 Å². The van der Waals surface area contributed by atoms with Gasteiger partial charge in [0.25, 0.3) is 0 Å². The van der Waals surface area contributed by atoms with Crippen molar-refractivity contribution in [2.75, 3.05) is 6.54 Å². The van der Waals surface area contributed by atoms with Crippen molar-refractivity contribution >= 4 is 5.70 Å². The van der Waals surface area contributed by atoms with Crippen LogP contribution in [0.3, 0.4) is 0 Å². The lowest BCUT2D eigenvalue weighted by atomic mass is 10.0. The average molecular weight is 281 g/mol. The van der Waals surface area contributed by atoms with Crippen LogP contribution in [0.2, 0.25) is 0 Å². The standard InChI is InChI=1S/C17H19N3O/c1-11(19)14-4-7-17(20-10-14)21-15-5-6-16-12(8-15)2-3-13(16)9-18/h4-8,10,13H,1-3,9,18-19H2. The lowest BCUT2D eigenvalue weighted by Crippen LogP contribution is -2.09. The van der Waals surface area contributed by atoms with Crippen LogP contribution in [-0.4, -0.2) is 11.5 Å². The number of aromatic nitrogens is 1. The molecule has 0 saturated heterocycles. The second-order valence-corrected chi connectivity index (χ2v) is 5.34. The number of fused-ring (bicyclic) bond motifs is 1. The van der Waals surface area contributed by atoms with Crippen LogP contribution in [0, 0.1) is 0 Å². The highest BCUT2D eigenvalue weighted by Gasteiger charge is 2.21. The third kappa shape index (κ3) is 2.76. The van der Waals surface area contributed by atoms with Gasteiger partial charge in [-0.15, -0.1) is 0 Å². The number of rotatable bonds is 4. The normalized spacial score (nSPS) is 16.5. The van der Waals surface area contributed by atoms with Gasteiger partial charge in [0.15, 0.2) is 0 Å². The van der Waals surface area contributed by atoms with Gasteiger partial charge in [0.05, 0.1) is 0 Å². The lowest BCUT2D eigenvalue weighted by molar-refractivity contribution is 0.462. The summed E-state index contributed by atoms with van der Waals surface area (Å²) in [4.78, 5) is 4.24. The fraction of sp³-hybridized carbons (Fsp3) is 0.235. The minimum atomic E-state index is 0.488. The van der Waals surface area contributed by atoms with E-state index >= 15 is 0 Å². The fourth-order valence-electron chi connectivity index (χ4n) is 2.74. The maximum atomic E-state index is 5.79. The quantitative estimate of drug-likeness (QED) is 0.903. The SMILES string of the molecule is C=C(N)c1ccc(Oc2ccc3c(c2)CCC3CN)nc1. The summed E-state index contributed by atoms with van der Waals surface area (Å²) in [5.41, 5.74) is 15.4.